The molecule has 6 aromatic rings. The van der Waals surface area contributed by atoms with Gasteiger partial charge in [0.1, 0.15) is 16.5 Å². The van der Waals surface area contributed by atoms with E-state index >= 15 is 0 Å². The van der Waals surface area contributed by atoms with Crippen molar-refractivity contribution in [1.29, 1.82) is 0 Å². The number of aryl methyl sites for hydroxylation is 1. The summed E-state index contributed by atoms with van der Waals surface area (Å²) >= 11 is 7.09. The summed E-state index contributed by atoms with van der Waals surface area (Å²) in [6.07, 6.45) is 0. The van der Waals surface area contributed by atoms with E-state index in [2.05, 4.69) is 83.5 Å². The van der Waals surface area contributed by atoms with Gasteiger partial charge in [-0.05, 0) is 79.7 Å². The van der Waals surface area contributed by atoms with E-state index in [1.165, 1.54) is 5.56 Å². The average Bonchev–Trinajstić information content (AvgIpc) is 3.02. The topological polar surface area (TPSA) is 15.7 Å². The van der Waals surface area contributed by atoms with Crippen LogP contribution in [0, 0.1) is 6.92 Å². The molecule has 0 N–H and O–H groups in total. The monoisotopic (exact) mass is 552 g/mol. The van der Waals surface area contributed by atoms with Crippen LogP contribution in [-0.4, -0.2) is 0 Å². The minimum absolute atomic E-state index is 0.532. The molecule has 41 heavy (non-hydrogen) atoms. The van der Waals surface area contributed by atoms with Crippen LogP contribution in [-0.2, 0) is 0 Å². The van der Waals surface area contributed by atoms with E-state index in [1.54, 1.807) is 0 Å². The molecule has 0 spiro atoms. The first-order chi connectivity index (χ1) is 20.2. The van der Waals surface area contributed by atoms with Gasteiger partial charge < -0.3 is 14.5 Å². The van der Waals surface area contributed by atoms with Crippen molar-refractivity contribution in [2.45, 2.75) is 6.92 Å². The van der Waals surface area contributed by atoms with Crippen molar-refractivity contribution in [1.82, 2.24) is 0 Å². The molecule has 0 amide bonds. The molecule has 6 aromatic carbocycles. The van der Waals surface area contributed by atoms with Gasteiger partial charge in [-0.3, -0.25) is 0 Å². The normalized spacial score (nSPS) is 10.7. The molecule has 200 valence electrons. The van der Waals surface area contributed by atoms with Gasteiger partial charge in [0.25, 0.3) is 0 Å². The van der Waals surface area contributed by atoms with Gasteiger partial charge in [-0.25, -0.2) is 0 Å². The maximum atomic E-state index is 7.09. The Morgan fingerprint density at radius 1 is 0.463 bits per heavy atom. The third kappa shape index (κ3) is 5.81. The van der Waals surface area contributed by atoms with Crippen LogP contribution < -0.4 is 14.5 Å². The molecule has 0 aliphatic heterocycles. The Kier molecular flexibility index (Phi) is 7.70. The molecular weight excluding hydrogens is 524 g/mol. The lowest BCUT2D eigenvalue weighted by atomic mass is 10.1. The van der Waals surface area contributed by atoms with Crippen molar-refractivity contribution in [3.05, 3.63) is 168 Å². The molecule has 0 bridgehead atoms. The van der Waals surface area contributed by atoms with Crippen LogP contribution in [0.1, 0.15) is 5.56 Å². The van der Waals surface area contributed by atoms with Crippen molar-refractivity contribution >= 4 is 45.7 Å². The molecule has 0 atom stereocenters. The maximum Gasteiger partial charge on any atom is 0.148 e. The third-order valence-corrected chi connectivity index (χ3v) is 7.20. The zero-order valence-corrected chi connectivity index (χ0v) is 23.4. The number of anilines is 6. The Morgan fingerprint density at radius 2 is 0.951 bits per heavy atom. The molecule has 4 heteroatoms. The van der Waals surface area contributed by atoms with E-state index in [-0.39, 0.29) is 0 Å². The fraction of sp³-hybridized carbons (Fsp3) is 0.0270. The van der Waals surface area contributed by atoms with Crippen LogP contribution in [0.4, 0.5) is 34.1 Å². The van der Waals surface area contributed by atoms with E-state index in [0.717, 1.165) is 34.1 Å². The molecule has 0 heterocycles. The van der Waals surface area contributed by atoms with Crippen molar-refractivity contribution in [2.75, 3.05) is 9.80 Å². The average molecular weight is 553 g/mol. The summed E-state index contributed by atoms with van der Waals surface area (Å²) in [6, 6.07) is 53.3. The van der Waals surface area contributed by atoms with Gasteiger partial charge in [0.2, 0.25) is 0 Å². The lowest BCUT2D eigenvalue weighted by molar-refractivity contribution is 0.483. The first kappa shape index (κ1) is 26.2. The van der Waals surface area contributed by atoms with E-state index < -0.39 is 0 Å². The van der Waals surface area contributed by atoms with Gasteiger partial charge >= 0.3 is 0 Å². The second-order valence-electron chi connectivity index (χ2n) is 9.70. The molecule has 0 radical (unpaired) electrons. The van der Waals surface area contributed by atoms with Crippen LogP contribution in [0.15, 0.2) is 158 Å². The second-order valence-corrected chi connectivity index (χ2v) is 10.1. The first-order valence-electron chi connectivity index (χ1n) is 13.6. The third-order valence-electron chi connectivity index (χ3n) is 6.82. The predicted molar refractivity (Wildman–Crippen MR) is 172 cm³/mol. The lowest BCUT2D eigenvalue weighted by Crippen LogP contribution is -2.10. The number of nitrogens with zero attached hydrogens (tertiary/aromatic N) is 2. The molecule has 0 unspecified atom stereocenters. The number of halogens is 1. The standard InChI is InChI=1S/C37H29ClN2O/c1-28-23-25-32(26-24-28)39(29-13-5-2-6-14-29)33-19-11-20-34(27-33)41-36-22-12-21-35(37(36)38)40(30-15-7-3-8-16-30)31-17-9-4-10-18-31/h2-27H,1H3. The number of hydrogen-bond acceptors (Lipinski definition) is 3. The highest BCUT2D eigenvalue weighted by Crippen LogP contribution is 2.44. The number of hydrogen-bond donors (Lipinski definition) is 0. The second kappa shape index (κ2) is 12.0. The molecule has 3 nitrogen and oxygen atoms in total. The van der Waals surface area contributed by atoms with Crippen LogP contribution >= 0.6 is 11.6 Å². The molecule has 0 aliphatic carbocycles. The quantitative estimate of drug-likeness (QED) is 0.187. The van der Waals surface area contributed by atoms with E-state index in [0.29, 0.717) is 16.5 Å². The summed E-state index contributed by atoms with van der Waals surface area (Å²) in [6.45, 7) is 2.10. The lowest BCUT2D eigenvalue weighted by Gasteiger charge is -2.27. The van der Waals surface area contributed by atoms with Crippen molar-refractivity contribution in [3.63, 3.8) is 0 Å². The van der Waals surface area contributed by atoms with E-state index in [9.17, 15) is 0 Å². The number of rotatable bonds is 8. The van der Waals surface area contributed by atoms with Gasteiger partial charge in [0.05, 0.1) is 5.69 Å². The van der Waals surface area contributed by atoms with Crippen LogP contribution in [0.2, 0.25) is 5.02 Å². The zero-order valence-electron chi connectivity index (χ0n) is 22.7. The van der Waals surface area contributed by atoms with Crippen molar-refractivity contribution in [2.24, 2.45) is 0 Å². The number of benzene rings is 6. The zero-order chi connectivity index (χ0) is 28.0. The predicted octanol–water partition coefficient (Wildman–Crippen LogP) is 11.4. The molecule has 0 fully saturated rings. The Morgan fingerprint density at radius 3 is 1.54 bits per heavy atom. The molecule has 0 aromatic heterocycles. The highest BCUT2D eigenvalue weighted by Gasteiger charge is 2.19. The van der Waals surface area contributed by atoms with Gasteiger partial charge in [-0.2, -0.15) is 0 Å². The van der Waals surface area contributed by atoms with Gasteiger partial charge in [-0.15, -0.1) is 0 Å². The Bertz CT molecular complexity index is 1680. The SMILES string of the molecule is Cc1ccc(N(c2ccccc2)c2cccc(Oc3cccc(N(c4ccccc4)c4ccccc4)c3Cl)c2)cc1. The summed E-state index contributed by atoms with van der Waals surface area (Å²) in [5, 5.41) is 0.532. The molecule has 0 saturated carbocycles. The summed E-state index contributed by atoms with van der Waals surface area (Å²) < 4.78 is 6.47. The maximum absolute atomic E-state index is 7.09. The first-order valence-corrected chi connectivity index (χ1v) is 13.9. The van der Waals surface area contributed by atoms with E-state index in [1.807, 2.05) is 91.0 Å². The molecule has 0 saturated heterocycles. The Hall–Kier alpha value is -4.99. The van der Waals surface area contributed by atoms with Crippen molar-refractivity contribution in [3.8, 4) is 11.5 Å². The van der Waals surface area contributed by atoms with Crippen LogP contribution in [0.5, 0.6) is 11.5 Å². The molecular formula is C37H29ClN2O. The summed E-state index contributed by atoms with van der Waals surface area (Å²) in [5.41, 5.74) is 7.19. The van der Waals surface area contributed by atoms with Gasteiger partial charge in [0, 0.05) is 34.5 Å². The minimum Gasteiger partial charge on any atom is -0.456 e. The Labute approximate surface area is 246 Å². The van der Waals surface area contributed by atoms with Crippen LogP contribution in [0.3, 0.4) is 0 Å². The van der Waals surface area contributed by atoms with Gasteiger partial charge in [0.15, 0.2) is 0 Å². The number of ether oxygens (including phenoxy) is 1. The Balaban J connectivity index is 1.37. The highest BCUT2D eigenvalue weighted by atomic mass is 35.5. The smallest absolute Gasteiger partial charge is 0.148 e. The number of para-hydroxylation sites is 3. The summed E-state index contributed by atoms with van der Waals surface area (Å²) in [7, 11) is 0. The summed E-state index contributed by atoms with van der Waals surface area (Å²) in [4.78, 5) is 4.36. The molecule has 0 aliphatic rings. The van der Waals surface area contributed by atoms with Gasteiger partial charge in [-0.1, -0.05) is 96.0 Å². The van der Waals surface area contributed by atoms with Crippen molar-refractivity contribution < 1.29 is 4.74 Å². The fourth-order valence-corrected chi connectivity index (χ4v) is 5.11. The summed E-state index contributed by atoms with van der Waals surface area (Å²) in [5.74, 6) is 1.28. The minimum atomic E-state index is 0.532. The fourth-order valence-electron chi connectivity index (χ4n) is 4.86. The van der Waals surface area contributed by atoms with E-state index in [4.69, 9.17) is 16.3 Å². The molecule has 6 rings (SSSR count). The highest BCUT2D eigenvalue weighted by molar-refractivity contribution is 6.35. The largest absolute Gasteiger partial charge is 0.456 e. The van der Waals surface area contributed by atoms with Crippen LogP contribution in [0.25, 0.3) is 0 Å².